The minimum atomic E-state index is -0.189. The number of allylic oxidation sites excluding steroid dienone is 3. The number of hydrogen-bond acceptors (Lipinski definition) is 1. The third-order valence-electron chi connectivity index (χ3n) is 5.18. The van der Waals surface area contributed by atoms with Crippen LogP contribution in [0.2, 0.25) is 0 Å². The molecule has 0 radical (unpaired) electrons. The first kappa shape index (κ1) is 14.8. The van der Waals surface area contributed by atoms with E-state index in [1.807, 2.05) is 18.2 Å². The summed E-state index contributed by atoms with van der Waals surface area (Å²) in [5.41, 5.74) is 1.05. The number of hydrogen-bond donors (Lipinski definition) is 0. The zero-order chi connectivity index (χ0) is 14.6. The van der Waals surface area contributed by atoms with Crippen LogP contribution in [0.25, 0.3) is 6.08 Å². The molecule has 0 spiro atoms. The van der Waals surface area contributed by atoms with Crippen LogP contribution in [0.15, 0.2) is 48.6 Å². The SMILES string of the molecule is CC1(C)[C@@H](/C=C\C=C\c2ccccc2)CC[C@@]1(C)C=O. The van der Waals surface area contributed by atoms with E-state index in [-0.39, 0.29) is 10.8 Å². The van der Waals surface area contributed by atoms with Gasteiger partial charge in [-0.15, -0.1) is 0 Å². The molecule has 0 N–H and O–H groups in total. The summed E-state index contributed by atoms with van der Waals surface area (Å²) in [6.45, 7) is 6.52. The van der Waals surface area contributed by atoms with Crippen molar-refractivity contribution in [2.45, 2.75) is 33.6 Å². The van der Waals surface area contributed by atoms with Gasteiger partial charge >= 0.3 is 0 Å². The van der Waals surface area contributed by atoms with Gasteiger partial charge in [0.1, 0.15) is 6.29 Å². The Morgan fingerprint density at radius 1 is 1.10 bits per heavy atom. The van der Waals surface area contributed by atoms with Crippen molar-refractivity contribution in [1.82, 2.24) is 0 Å². The number of carbonyl (C=O) groups is 1. The molecule has 1 heteroatoms. The molecule has 0 amide bonds. The van der Waals surface area contributed by atoms with Crippen molar-refractivity contribution in [3.8, 4) is 0 Å². The fourth-order valence-corrected chi connectivity index (χ4v) is 3.04. The average Bonchev–Trinajstić information content (AvgIpc) is 2.68. The first-order chi connectivity index (χ1) is 9.49. The third kappa shape index (κ3) is 2.77. The zero-order valence-electron chi connectivity index (χ0n) is 12.7. The molecule has 0 unspecified atom stereocenters. The van der Waals surface area contributed by atoms with Crippen LogP contribution in [0, 0.1) is 16.7 Å². The van der Waals surface area contributed by atoms with Gasteiger partial charge in [0.2, 0.25) is 0 Å². The summed E-state index contributed by atoms with van der Waals surface area (Å²) in [5, 5.41) is 0. The van der Waals surface area contributed by atoms with Crippen molar-refractivity contribution in [3.05, 3.63) is 54.1 Å². The molecule has 20 heavy (non-hydrogen) atoms. The largest absolute Gasteiger partial charge is 0.303 e. The van der Waals surface area contributed by atoms with Crippen molar-refractivity contribution >= 4 is 12.4 Å². The van der Waals surface area contributed by atoms with Gasteiger partial charge in [-0.2, -0.15) is 0 Å². The molecule has 1 fully saturated rings. The molecule has 1 nitrogen and oxygen atoms in total. The normalized spacial score (nSPS) is 29.2. The Kier molecular flexibility index (Phi) is 4.27. The van der Waals surface area contributed by atoms with Crippen LogP contribution < -0.4 is 0 Å². The molecule has 0 saturated heterocycles. The van der Waals surface area contributed by atoms with Gasteiger partial charge in [-0.1, -0.05) is 75.4 Å². The Bertz CT molecular complexity index is 510. The molecular formula is C19H24O. The van der Waals surface area contributed by atoms with E-state index in [4.69, 9.17) is 0 Å². The van der Waals surface area contributed by atoms with Crippen LogP contribution in [0.5, 0.6) is 0 Å². The Labute approximate surface area is 122 Å². The van der Waals surface area contributed by atoms with Gasteiger partial charge in [0.15, 0.2) is 0 Å². The fraction of sp³-hybridized carbons (Fsp3) is 0.421. The average molecular weight is 268 g/mol. The number of carbonyl (C=O) groups excluding carboxylic acids is 1. The second kappa shape index (κ2) is 5.78. The van der Waals surface area contributed by atoms with Gasteiger partial charge in [-0.25, -0.2) is 0 Å². The van der Waals surface area contributed by atoms with E-state index >= 15 is 0 Å². The molecule has 0 bridgehead atoms. The quantitative estimate of drug-likeness (QED) is 0.561. The number of rotatable bonds is 4. The summed E-state index contributed by atoms with van der Waals surface area (Å²) in [4.78, 5) is 11.4. The van der Waals surface area contributed by atoms with Crippen molar-refractivity contribution in [3.63, 3.8) is 0 Å². The lowest BCUT2D eigenvalue weighted by atomic mass is 9.66. The molecule has 106 valence electrons. The predicted molar refractivity (Wildman–Crippen MR) is 85.3 cm³/mol. The molecule has 1 aliphatic rings. The highest BCUT2D eigenvalue weighted by Crippen LogP contribution is 2.55. The molecule has 1 aromatic carbocycles. The Hall–Kier alpha value is -1.63. The van der Waals surface area contributed by atoms with E-state index in [0.29, 0.717) is 5.92 Å². The summed E-state index contributed by atoms with van der Waals surface area (Å²) < 4.78 is 0. The van der Waals surface area contributed by atoms with E-state index in [1.165, 1.54) is 5.56 Å². The maximum atomic E-state index is 11.4. The Balaban J connectivity index is 2.03. The summed E-state index contributed by atoms with van der Waals surface area (Å²) in [5.74, 6) is 0.470. The standard InChI is InChI=1S/C19H24O/c1-18(2)17(13-14-19(18,3)15-20)12-8-7-11-16-9-5-4-6-10-16/h4-12,15,17H,13-14H2,1-3H3/b11-7+,12-8-/t17-,19-/m0/s1. The number of benzene rings is 1. The molecule has 1 aromatic rings. The molecule has 0 heterocycles. The van der Waals surface area contributed by atoms with Gasteiger partial charge in [0.05, 0.1) is 0 Å². The first-order valence-corrected chi connectivity index (χ1v) is 7.36. The van der Waals surface area contributed by atoms with Crippen LogP contribution in [0.4, 0.5) is 0 Å². The van der Waals surface area contributed by atoms with Crippen LogP contribution in [-0.4, -0.2) is 6.29 Å². The first-order valence-electron chi connectivity index (χ1n) is 7.36. The maximum Gasteiger partial charge on any atom is 0.126 e. The lowest BCUT2D eigenvalue weighted by molar-refractivity contribution is -0.120. The van der Waals surface area contributed by atoms with Gasteiger partial charge in [0, 0.05) is 5.41 Å². The van der Waals surface area contributed by atoms with Crippen LogP contribution >= 0.6 is 0 Å². The molecule has 2 atom stereocenters. The fourth-order valence-electron chi connectivity index (χ4n) is 3.04. The van der Waals surface area contributed by atoms with Crippen LogP contribution in [0.3, 0.4) is 0 Å². The van der Waals surface area contributed by atoms with E-state index in [2.05, 4.69) is 57.2 Å². The highest BCUT2D eigenvalue weighted by molar-refractivity contribution is 5.61. The summed E-state index contributed by atoms with van der Waals surface area (Å²) in [6, 6.07) is 10.3. The van der Waals surface area contributed by atoms with Crippen LogP contribution in [-0.2, 0) is 4.79 Å². The van der Waals surface area contributed by atoms with Gasteiger partial charge in [-0.3, -0.25) is 0 Å². The molecular weight excluding hydrogens is 244 g/mol. The molecule has 2 rings (SSSR count). The summed E-state index contributed by atoms with van der Waals surface area (Å²) in [6.07, 6.45) is 11.8. The second-order valence-electron chi connectivity index (χ2n) is 6.56. The van der Waals surface area contributed by atoms with E-state index in [1.54, 1.807) is 0 Å². The van der Waals surface area contributed by atoms with E-state index in [9.17, 15) is 4.79 Å². The van der Waals surface area contributed by atoms with E-state index < -0.39 is 0 Å². The Morgan fingerprint density at radius 3 is 2.40 bits per heavy atom. The van der Waals surface area contributed by atoms with Gasteiger partial charge in [0.25, 0.3) is 0 Å². The van der Waals surface area contributed by atoms with Crippen LogP contribution in [0.1, 0.15) is 39.2 Å². The topological polar surface area (TPSA) is 17.1 Å². The smallest absolute Gasteiger partial charge is 0.126 e. The molecule has 0 aliphatic heterocycles. The maximum absolute atomic E-state index is 11.4. The number of aldehydes is 1. The lowest BCUT2D eigenvalue weighted by Crippen LogP contribution is -2.34. The highest BCUT2D eigenvalue weighted by atomic mass is 16.1. The molecule has 1 saturated carbocycles. The minimum absolute atomic E-state index is 0.0336. The molecule has 0 aromatic heterocycles. The lowest BCUT2D eigenvalue weighted by Gasteiger charge is -2.36. The monoisotopic (exact) mass is 268 g/mol. The van der Waals surface area contributed by atoms with Crippen molar-refractivity contribution in [1.29, 1.82) is 0 Å². The third-order valence-corrected chi connectivity index (χ3v) is 5.18. The van der Waals surface area contributed by atoms with Crippen molar-refractivity contribution in [2.24, 2.45) is 16.7 Å². The van der Waals surface area contributed by atoms with Crippen molar-refractivity contribution < 1.29 is 4.79 Å². The van der Waals surface area contributed by atoms with Gasteiger partial charge < -0.3 is 4.79 Å². The van der Waals surface area contributed by atoms with Crippen molar-refractivity contribution in [2.75, 3.05) is 0 Å². The summed E-state index contributed by atoms with van der Waals surface area (Å²) in [7, 11) is 0. The Morgan fingerprint density at radius 2 is 1.80 bits per heavy atom. The van der Waals surface area contributed by atoms with Gasteiger partial charge in [-0.05, 0) is 29.7 Å². The second-order valence-corrected chi connectivity index (χ2v) is 6.56. The van der Waals surface area contributed by atoms with E-state index in [0.717, 1.165) is 19.1 Å². The zero-order valence-corrected chi connectivity index (χ0v) is 12.7. The highest BCUT2D eigenvalue weighted by Gasteiger charge is 2.50. The summed E-state index contributed by atoms with van der Waals surface area (Å²) >= 11 is 0. The molecule has 1 aliphatic carbocycles. The predicted octanol–water partition coefficient (Wildman–Crippen LogP) is 4.90. The minimum Gasteiger partial charge on any atom is -0.303 e.